The Bertz CT molecular complexity index is 784. The first-order chi connectivity index (χ1) is 12.8. The lowest BCUT2D eigenvalue weighted by Crippen LogP contribution is -2.39. The molecule has 2 aromatic rings. The number of para-hydroxylation sites is 1. The quantitative estimate of drug-likeness (QED) is 0.843. The molecule has 2 heterocycles. The van der Waals surface area contributed by atoms with Crippen molar-refractivity contribution >= 4 is 18.3 Å². The number of hydrogen-bond acceptors (Lipinski definition) is 4. The summed E-state index contributed by atoms with van der Waals surface area (Å²) in [5, 5.41) is 3.16. The number of carbonyl (C=O) groups excluding carboxylic acids is 1. The number of nitrogens with two attached hydrogens (primary N) is 1. The summed E-state index contributed by atoms with van der Waals surface area (Å²) in [5.41, 5.74) is 8.84. The fourth-order valence-electron chi connectivity index (χ4n) is 3.76. The molecule has 0 aromatic heterocycles. The van der Waals surface area contributed by atoms with Crippen molar-refractivity contribution in [1.82, 2.24) is 5.32 Å². The maximum Gasteiger partial charge on any atom is 0.249 e. The summed E-state index contributed by atoms with van der Waals surface area (Å²) in [5.74, 6) is 0.811. The molecule has 1 unspecified atom stereocenters. The summed E-state index contributed by atoms with van der Waals surface area (Å²) in [7, 11) is 0. The molecule has 2 aromatic carbocycles. The Balaban J connectivity index is 0.00000210. The summed E-state index contributed by atoms with van der Waals surface area (Å²) in [6.07, 6.45) is 1.93. The van der Waals surface area contributed by atoms with Crippen LogP contribution in [0.15, 0.2) is 48.5 Å². The molecule has 5 nitrogen and oxygen atoms in total. The molecule has 4 rings (SSSR count). The van der Waals surface area contributed by atoms with E-state index in [9.17, 15) is 4.79 Å². The number of nitrogens with one attached hydrogen (secondary N) is 1. The minimum Gasteiger partial charge on any atom is -0.492 e. The Morgan fingerprint density at radius 2 is 1.89 bits per heavy atom. The highest BCUT2D eigenvalue weighted by Gasteiger charge is 2.33. The van der Waals surface area contributed by atoms with Crippen LogP contribution >= 0.6 is 12.4 Å². The van der Waals surface area contributed by atoms with Crippen LogP contribution in [0.3, 0.4) is 0 Å². The lowest BCUT2D eigenvalue weighted by Gasteiger charge is -2.29. The van der Waals surface area contributed by atoms with E-state index in [1.54, 1.807) is 0 Å². The molecule has 3 atom stereocenters. The minimum atomic E-state index is -0.396. The van der Waals surface area contributed by atoms with Gasteiger partial charge in [0.25, 0.3) is 0 Å². The van der Waals surface area contributed by atoms with Crippen LogP contribution in [0.25, 0.3) is 11.1 Å². The predicted octanol–water partition coefficient (Wildman–Crippen LogP) is 3.22. The molecule has 2 aliphatic heterocycles. The zero-order valence-electron chi connectivity index (χ0n) is 15.1. The van der Waals surface area contributed by atoms with Gasteiger partial charge in [-0.2, -0.15) is 0 Å². The third-order valence-electron chi connectivity index (χ3n) is 5.14. The van der Waals surface area contributed by atoms with Crippen LogP contribution in [-0.2, 0) is 9.53 Å². The third-order valence-corrected chi connectivity index (χ3v) is 5.14. The van der Waals surface area contributed by atoms with E-state index in [1.165, 1.54) is 0 Å². The number of hydrogen-bond donors (Lipinski definition) is 2. The molecule has 0 spiro atoms. The monoisotopic (exact) mass is 388 g/mol. The number of rotatable bonds is 4. The van der Waals surface area contributed by atoms with Crippen molar-refractivity contribution in [1.29, 1.82) is 0 Å². The number of carbonyl (C=O) groups is 1. The number of ether oxygens (including phenoxy) is 2. The second-order valence-corrected chi connectivity index (χ2v) is 6.85. The van der Waals surface area contributed by atoms with E-state index >= 15 is 0 Å². The second kappa shape index (κ2) is 8.74. The normalized spacial score (nSPS) is 23.7. The molecule has 144 valence electrons. The van der Waals surface area contributed by atoms with Crippen molar-refractivity contribution in [2.75, 3.05) is 13.2 Å². The fourth-order valence-corrected chi connectivity index (χ4v) is 3.76. The molecule has 0 bridgehead atoms. The zero-order chi connectivity index (χ0) is 17.9. The zero-order valence-corrected chi connectivity index (χ0v) is 15.9. The topological polar surface area (TPSA) is 73.6 Å². The van der Waals surface area contributed by atoms with E-state index in [1.807, 2.05) is 30.3 Å². The maximum atomic E-state index is 12.6. The molecule has 2 aliphatic rings. The van der Waals surface area contributed by atoms with Crippen molar-refractivity contribution in [3.63, 3.8) is 0 Å². The van der Waals surface area contributed by atoms with Crippen LogP contribution in [0, 0.1) is 0 Å². The van der Waals surface area contributed by atoms with Crippen LogP contribution < -0.4 is 15.8 Å². The number of benzene rings is 2. The third kappa shape index (κ3) is 4.10. The largest absolute Gasteiger partial charge is 0.492 e. The maximum absolute atomic E-state index is 12.6. The highest BCUT2D eigenvalue weighted by Crippen LogP contribution is 2.40. The highest BCUT2D eigenvalue weighted by molar-refractivity contribution is 5.85. The van der Waals surface area contributed by atoms with Crippen LogP contribution in [-0.4, -0.2) is 31.3 Å². The molecule has 6 heteroatoms. The number of fused-ring (bicyclic) bond motifs is 1. The van der Waals surface area contributed by atoms with Crippen LogP contribution in [0.2, 0.25) is 0 Å². The summed E-state index contributed by atoms with van der Waals surface area (Å²) < 4.78 is 11.7. The van der Waals surface area contributed by atoms with Gasteiger partial charge in [-0.3, -0.25) is 4.79 Å². The van der Waals surface area contributed by atoms with Gasteiger partial charge in [-0.05, 0) is 18.4 Å². The van der Waals surface area contributed by atoms with E-state index < -0.39 is 6.10 Å². The van der Waals surface area contributed by atoms with Gasteiger partial charge >= 0.3 is 0 Å². The second-order valence-electron chi connectivity index (χ2n) is 6.85. The Hall–Kier alpha value is -2.08. The van der Waals surface area contributed by atoms with Crippen molar-refractivity contribution in [2.24, 2.45) is 5.73 Å². The summed E-state index contributed by atoms with van der Waals surface area (Å²) in [4.78, 5) is 12.6. The van der Waals surface area contributed by atoms with Crippen molar-refractivity contribution in [2.45, 2.75) is 37.5 Å². The first-order valence-electron chi connectivity index (χ1n) is 9.23. The average Bonchev–Trinajstić information content (AvgIpc) is 3.18. The van der Waals surface area contributed by atoms with Gasteiger partial charge in [-0.25, -0.2) is 0 Å². The standard InChI is InChI=1S/C21H24N2O3.ClH/c22-13-15-9-10-19(26-15)21(24)23-18-11-12-25-20-16(7-4-8-17(18)20)14-5-2-1-3-6-14;/h1-8,15,18-19H,9-13,22H2,(H,23,24);1H/t15-,18?,19+;/m1./s1. The fraction of sp³-hybridized carbons (Fsp3) is 0.381. The molecule has 0 radical (unpaired) electrons. The van der Waals surface area contributed by atoms with Crippen LogP contribution in [0.5, 0.6) is 5.75 Å². The molecular formula is C21H25ClN2O3. The van der Waals surface area contributed by atoms with E-state index in [4.69, 9.17) is 15.2 Å². The number of halogens is 1. The first-order valence-corrected chi connectivity index (χ1v) is 9.23. The van der Waals surface area contributed by atoms with Crippen molar-refractivity contribution < 1.29 is 14.3 Å². The molecule has 0 aliphatic carbocycles. The van der Waals surface area contributed by atoms with Crippen molar-refractivity contribution in [3.05, 3.63) is 54.1 Å². The Labute approximate surface area is 165 Å². The van der Waals surface area contributed by atoms with E-state index in [2.05, 4.69) is 23.5 Å². The van der Waals surface area contributed by atoms with E-state index in [-0.39, 0.29) is 30.5 Å². The Morgan fingerprint density at radius 3 is 2.63 bits per heavy atom. The molecule has 27 heavy (non-hydrogen) atoms. The van der Waals surface area contributed by atoms with Crippen LogP contribution in [0.1, 0.15) is 30.9 Å². The van der Waals surface area contributed by atoms with E-state index in [0.29, 0.717) is 13.2 Å². The lowest BCUT2D eigenvalue weighted by atomic mass is 9.94. The SMILES string of the molecule is Cl.NC[C@H]1CC[C@@H](C(=O)NC2CCOc3c(-c4ccccc4)cccc32)O1. The van der Waals surface area contributed by atoms with Gasteiger partial charge in [-0.15, -0.1) is 12.4 Å². The van der Waals surface area contributed by atoms with Crippen molar-refractivity contribution in [3.8, 4) is 16.9 Å². The van der Waals surface area contributed by atoms with Crippen LogP contribution in [0.4, 0.5) is 0 Å². The summed E-state index contributed by atoms with van der Waals surface area (Å²) in [6, 6.07) is 16.2. The molecule has 1 amide bonds. The summed E-state index contributed by atoms with van der Waals surface area (Å²) in [6.45, 7) is 1.04. The van der Waals surface area contributed by atoms with E-state index in [0.717, 1.165) is 41.7 Å². The van der Waals surface area contributed by atoms with Gasteiger partial charge in [0.15, 0.2) is 0 Å². The first kappa shape index (κ1) is 19.7. The Morgan fingerprint density at radius 1 is 1.07 bits per heavy atom. The van der Waals surface area contributed by atoms with Gasteiger partial charge in [0.1, 0.15) is 11.9 Å². The van der Waals surface area contributed by atoms with Gasteiger partial charge in [-0.1, -0.05) is 48.5 Å². The predicted molar refractivity (Wildman–Crippen MR) is 107 cm³/mol. The van der Waals surface area contributed by atoms with Gasteiger partial charge < -0.3 is 20.5 Å². The molecule has 0 saturated carbocycles. The minimum absolute atomic E-state index is 0. The molecule has 3 N–H and O–H groups in total. The van der Waals surface area contributed by atoms with Gasteiger partial charge in [0, 0.05) is 24.1 Å². The van der Waals surface area contributed by atoms with Gasteiger partial charge in [0.2, 0.25) is 5.91 Å². The smallest absolute Gasteiger partial charge is 0.249 e. The molecular weight excluding hydrogens is 364 g/mol. The Kier molecular flexibility index (Phi) is 6.37. The molecule has 1 fully saturated rings. The van der Waals surface area contributed by atoms with Gasteiger partial charge in [0.05, 0.1) is 18.8 Å². The molecule has 1 saturated heterocycles. The lowest BCUT2D eigenvalue weighted by molar-refractivity contribution is -0.132. The summed E-state index contributed by atoms with van der Waals surface area (Å²) >= 11 is 0. The average molecular weight is 389 g/mol. The number of amides is 1. The highest BCUT2D eigenvalue weighted by atomic mass is 35.5.